The van der Waals surface area contributed by atoms with Crippen molar-refractivity contribution in [2.75, 3.05) is 13.2 Å². The molecule has 1 unspecified atom stereocenters. The highest BCUT2D eigenvalue weighted by atomic mass is 19.1. The Morgan fingerprint density at radius 1 is 1.31 bits per heavy atom. The molecule has 0 aliphatic heterocycles. The molecule has 96 valence electrons. The zero-order valence-corrected chi connectivity index (χ0v) is 11.4. The first kappa shape index (κ1) is 15.6. The third-order valence-electron chi connectivity index (χ3n) is 2.01. The van der Waals surface area contributed by atoms with Gasteiger partial charge in [0.05, 0.1) is 12.2 Å². The van der Waals surface area contributed by atoms with Gasteiger partial charge in [-0.05, 0) is 33.8 Å². The van der Waals surface area contributed by atoms with Gasteiger partial charge in [0.25, 0.3) is 0 Å². The van der Waals surface area contributed by atoms with Crippen molar-refractivity contribution in [3.63, 3.8) is 0 Å². The second-order valence-electron chi connectivity index (χ2n) is 5.47. The fourth-order valence-electron chi connectivity index (χ4n) is 1.17. The summed E-state index contributed by atoms with van der Waals surface area (Å²) in [5.41, 5.74) is -1.73. The van der Waals surface area contributed by atoms with Crippen molar-refractivity contribution in [2.24, 2.45) is 0 Å². The van der Waals surface area contributed by atoms with Crippen LogP contribution < -0.4 is 5.32 Å². The Bertz CT molecular complexity index is 220. The quantitative estimate of drug-likeness (QED) is 0.709. The number of rotatable bonds is 6. The van der Waals surface area contributed by atoms with Gasteiger partial charge in [-0.15, -0.1) is 0 Å². The Hall–Kier alpha value is -0.410. The number of hydrogen-bond donors (Lipinski definition) is 1. The summed E-state index contributed by atoms with van der Waals surface area (Å²) in [6.45, 7) is 12.0. The minimum Gasteiger partial charge on any atom is -0.372 e. The Balaban J connectivity index is 4.33. The fraction of sp³-hybridized carbons (Fsp3) is 0.846. The lowest BCUT2D eigenvalue weighted by Gasteiger charge is -2.28. The summed E-state index contributed by atoms with van der Waals surface area (Å²) in [5, 5.41) is 3.10. The van der Waals surface area contributed by atoms with E-state index in [1.54, 1.807) is 12.2 Å². The van der Waals surface area contributed by atoms with E-state index in [0.29, 0.717) is 0 Å². The van der Waals surface area contributed by atoms with Crippen LogP contribution in [0.2, 0.25) is 0 Å². The molecule has 0 aromatic rings. The molecular formula is C13H26FNO. The molecule has 1 atom stereocenters. The van der Waals surface area contributed by atoms with E-state index in [-0.39, 0.29) is 24.8 Å². The molecule has 0 rings (SSSR count). The van der Waals surface area contributed by atoms with Crippen molar-refractivity contribution in [1.29, 1.82) is 0 Å². The van der Waals surface area contributed by atoms with Crippen LogP contribution >= 0.6 is 0 Å². The third-order valence-corrected chi connectivity index (χ3v) is 2.01. The SMILES string of the molecule is C/C=C/C(F)(CNC(C)C)COC(C)(C)C. The first-order chi connectivity index (χ1) is 7.18. The average molecular weight is 231 g/mol. The van der Waals surface area contributed by atoms with Crippen LogP contribution in [0.25, 0.3) is 0 Å². The van der Waals surface area contributed by atoms with Gasteiger partial charge >= 0.3 is 0 Å². The van der Waals surface area contributed by atoms with Crippen LogP contribution in [-0.4, -0.2) is 30.5 Å². The number of alkyl halides is 1. The maximum Gasteiger partial charge on any atom is 0.164 e. The standard InChI is InChI=1S/C13H26FNO/c1-7-8-13(14,9-15-11(2)3)10-16-12(4,5)6/h7-8,11,15H,9-10H2,1-6H3/b8-7+. The van der Waals surface area contributed by atoms with Crippen molar-refractivity contribution >= 4 is 0 Å². The normalized spacial score (nSPS) is 17.0. The van der Waals surface area contributed by atoms with Gasteiger partial charge in [-0.1, -0.05) is 19.9 Å². The molecule has 1 N–H and O–H groups in total. The minimum atomic E-state index is -1.42. The predicted octanol–water partition coefficient (Wildman–Crippen LogP) is 3.08. The van der Waals surface area contributed by atoms with Crippen molar-refractivity contribution in [1.82, 2.24) is 5.32 Å². The second kappa shape index (κ2) is 6.36. The van der Waals surface area contributed by atoms with Crippen LogP contribution in [-0.2, 0) is 4.74 Å². The molecule has 0 aromatic heterocycles. The van der Waals surface area contributed by atoms with E-state index in [0.717, 1.165) is 0 Å². The molecule has 0 fully saturated rings. The van der Waals surface area contributed by atoms with E-state index in [1.807, 2.05) is 41.5 Å². The highest BCUT2D eigenvalue weighted by Crippen LogP contribution is 2.18. The highest BCUT2D eigenvalue weighted by Gasteiger charge is 2.28. The topological polar surface area (TPSA) is 21.3 Å². The lowest BCUT2D eigenvalue weighted by Crippen LogP contribution is -2.43. The third kappa shape index (κ3) is 7.83. The Morgan fingerprint density at radius 2 is 1.88 bits per heavy atom. The molecule has 0 saturated carbocycles. The summed E-state index contributed by atoms with van der Waals surface area (Å²) in [6, 6.07) is 0.273. The number of ether oxygens (including phenoxy) is 1. The predicted molar refractivity (Wildman–Crippen MR) is 67.5 cm³/mol. The number of nitrogens with one attached hydrogen (secondary N) is 1. The molecule has 3 heteroatoms. The molecule has 0 saturated heterocycles. The zero-order valence-electron chi connectivity index (χ0n) is 11.4. The first-order valence-electron chi connectivity index (χ1n) is 5.89. The first-order valence-corrected chi connectivity index (χ1v) is 5.89. The van der Waals surface area contributed by atoms with Gasteiger partial charge in [-0.3, -0.25) is 0 Å². The van der Waals surface area contributed by atoms with Crippen LogP contribution in [0.3, 0.4) is 0 Å². The monoisotopic (exact) mass is 231 g/mol. The summed E-state index contributed by atoms with van der Waals surface area (Å²) in [6.07, 6.45) is 3.29. The molecule has 0 heterocycles. The van der Waals surface area contributed by atoms with Gasteiger partial charge in [0.15, 0.2) is 5.67 Å². The molecule has 2 nitrogen and oxygen atoms in total. The second-order valence-corrected chi connectivity index (χ2v) is 5.47. The van der Waals surface area contributed by atoms with Gasteiger partial charge in [-0.2, -0.15) is 0 Å². The van der Waals surface area contributed by atoms with Crippen molar-refractivity contribution < 1.29 is 9.13 Å². The molecule has 16 heavy (non-hydrogen) atoms. The van der Waals surface area contributed by atoms with Crippen molar-refractivity contribution in [3.05, 3.63) is 12.2 Å². The largest absolute Gasteiger partial charge is 0.372 e. The molecular weight excluding hydrogens is 205 g/mol. The Morgan fingerprint density at radius 3 is 2.25 bits per heavy atom. The Labute approximate surface area is 99.3 Å². The molecule has 0 aliphatic carbocycles. The Kier molecular flexibility index (Phi) is 6.19. The summed E-state index contributed by atoms with van der Waals surface area (Å²) in [5.74, 6) is 0. The van der Waals surface area contributed by atoms with Gasteiger partial charge in [0.2, 0.25) is 0 Å². The smallest absolute Gasteiger partial charge is 0.164 e. The number of allylic oxidation sites excluding steroid dienone is 1. The van der Waals surface area contributed by atoms with Gasteiger partial charge < -0.3 is 10.1 Å². The number of hydrogen-bond acceptors (Lipinski definition) is 2. The van der Waals surface area contributed by atoms with Crippen LogP contribution in [0.5, 0.6) is 0 Å². The van der Waals surface area contributed by atoms with E-state index < -0.39 is 5.67 Å². The molecule has 0 aromatic carbocycles. The van der Waals surface area contributed by atoms with Gasteiger partial charge in [0.1, 0.15) is 0 Å². The summed E-state index contributed by atoms with van der Waals surface area (Å²) >= 11 is 0. The molecule has 0 bridgehead atoms. The van der Waals surface area contributed by atoms with Crippen molar-refractivity contribution in [2.45, 2.75) is 58.9 Å². The van der Waals surface area contributed by atoms with Crippen LogP contribution in [0, 0.1) is 0 Å². The van der Waals surface area contributed by atoms with Crippen LogP contribution in [0.15, 0.2) is 12.2 Å². The zero-order chi connectivity index (χ0) is 12.8. The molecule has 0 aliphatic rings. The van der Waals surface area contributed by atoms with Crippen LogP contribution in [0.1, 0.15) is 41.5 Å². The van der Waals surface area contributed by atoms with Gasteiger partial charge in [-0.25, -0.2) is 4.39 Å². The lowest BCUT2D eigenvalue weighted by atomic mass is 10.1. The molecule has 0 spiro atoms. The van der Waals surface area contributed by atoms with E-state index in [4.69, 9.17) is 4.74 Å². The number of halogens is 1. The van der Waals surface area contributed by atoms with E-state index in [2.05, 4.69) is 5.32 Å². The van der Waals surface area contributed by atoms with E-state index >= 15 is 0 Å². The minimum absolute atomic E-state index is 0.0839. The molecule has 0 radical (unpaired) electrons. The summed E-state index contributed by atoms with van der Waals surface area (Å²) in [4.78, 5) is 0. The maximum atomic E-state index is 14.4. The highest BCUT2D eigenvalue weighted by molar-refractivity contribution is 5.02. The van der Waals surface area contributed by atoms with Gasteiger partial charge in [0, 0.05) is 12.6 Å². The average Bonchev–Trinajstić information content (AvgIpc) is 2.12. The van der Waals surface area contributed by atoms with E-state index in [1.165, 1.54) is 0 Å². The maximum absolute atomic E-state index is 14.4. The van der Waals surface area contributed by atoms with E-state index in [9.17, 15) is 4.39 Å². The summed E-state index contributed by atoms with van der Waals surface area (Å²) < 4.78 is 19.9. The summed E-state index contributed by atoms with van der Waals surface area (Å²) in [7, 11) is 0. The molecule has 0 amide bonds. The van der Waals surface area contributed by atoms with Crippen molar-refractivity contribution in [3.8, 4) is 0 Å². The van der Waals surface area contributed by atoms with Crippen LogP contribution in [0.4, 0.5) is 4.39 Å². The lowest BCUT2D eigenvalue weighted by molar-refractivity contribution is -0.0491. The fourth-order valence-corrected chi connectivity index (χ4v) is 1.17.